The number of thiocarbonyl (C=S) groups is 1. The van der Waals surface area contributed by atoms with E-state index in [0.29, 0.717) is 5.11 Å². The number of rotatable bonds is 7. The number of hydrogen-bond donors (Lipinski definition) is 1. The number of nitrogens with one attached hydrogen (secondary N) is 1. The summed E-state index contributed by atoms with van der Waals surface area (Å²) in [5, 5.41) is 4.00. The van der Waals surface area contributed by atoms with Crippen molar-refractivity contribution in [2.45, 2.75) is 13.0 Å². The highest BCUT2D eigenvalue weighted by atomic mass is 32.1. The van der Waals surface area contributed by atoms with Gasteiger partial charge in [0.05, 0.1) is 18.8 Å². The molecule has 5 nitrogen and oxygen atoms in total. The molecular formula is C19H26N4OS. The van der Waals surface area contributed by atoms with E-state index in [1.165, 1.54) is 0 Å². The molecule has 1 aromatic heterocycles. The molecule has 0 aliphatic heterocycles. The van der Waals surface area contributed by atoms with Crippen LogP contribution >= 0.6 is 12.2 Å². The summed E-state index contributed by atoms with van der Waals surface area (Å²) in [5.41, 5.74) is 1.99. The Labute approximate surface area is 155 Å². The van der Waals surface area contributed by atoms with Gasteiger partial charge in [0, 0.05) is 25.5 Å². The summed E-state index contributed by atoms with van der Waals surface area (Å²) in [5.74, 6) is 0.770. The van der Waals surface area contributed by atoms with Crippen molar-refractivity contribution < 1.29 is 4.74 Å². The molecule has 0 saturated carbocycles. The average molecular weight is 359 g/mol. The number of para-hydroxylation sites is 2. The average Bonchev–Trinajstić information content (AvgIpc) is 2.62. The summed E-state index contributed by atoms with van der Waals surface area (Å²) in [6.07, 6.45) is 3.67. The second kappa shape index (κ2) is 9.34. The molecule has 2 aromatic rings. The standard InChI is InChI=1S/C19H26N4OS/c1-15(16-8-7-11-20-14-16)23(13-12-22(2)3)19(25)21-17-9-5-6-10-18(17)24-4/h5-11,14-15H,12-13H2,1-4H3,(H,21,25). The van der Waals surface area contributed by atoms with Gasteiger partial charge in [-0.2, -0.15) is 0 Å². The lowest BCUT2D eigenvalue weighted by molar-refractivity contribution is 0.289. The van der Waals surface area contributed by atoms with E-state index in [0.717, 1.165) is 30.1 Å². The first-order valence-corrected chi connectivity index (χ1v) is 8.69. The molecule has 2 rings (SSSR count). The minimum Gasteiger partial charge on any atom is -0.495 e. The summed E-state index contributed by atoms with van der Waals surface area (Å²) in [6, 6.07) is 11.9. The number of likely N-dealkylation sites (N-methyl/N-ethyl adjacent to an activating group) is 1. The van der Waals surface area contributed by atoms with Crippen molar-refractivity contribution in [2.24, 2.45) is 0 Å². The Kier molecular flexibility index (Phi) is 7.16. The first-order valence-electron chi connectivity index (χ1n) is 8.28. The van der Waals surface area contributed by atoms with E-state index in [1.54, 1.807) is 13.3 Å². The Morgan fingerprint density at radius 2 is 1.96 bits per heavy atom. The largest absolute Gasteiger partial charge is 0.495 e. The number of aromatic nitrogens is 1. The van der Waals surface area contributed by atoms with E-state index in [-0.39, 0.29) is 6.04 Å². The normalized spacial score (nSPS) is 11.9. The van der Waals surface area contributed by atoms with Crippen molar-refractivity contribution in [2.75, 3.05) is 39.6 Å². The third kappa shape index (κ3) is 5.41. The van der Waals surface area contributed by atoms with Crippen molar-refractivity contribution >= 4 is 23.0 Å². The molecule has 1 N–H and O–H groups in total. The number of hydrogen-bond acceptors (Lipinski definition) is 4. The molecule has 0 bridgehead atoms. The van der Waals surface area contributed by atoms with Crippen LogP contribution in [0.1, 0.15) is 18.5 Å². The van der Waals surface area contributed by atoms with E-state index in [4.69, 9.17) is 17.0 Å². The molecule has 0 radical (unpaired) electrons. The fourth-order valence-corrected chi connectivity index (χ4v) is 2.88. The van der Waals surface area contributed by atoms with Crippen LogP contribution in [0, 0.1) is 0 Å². The molecule has 1 unspecified atom stereocenters. The van der Waals surface area contributed by atoms with Crippen LogP contribution in [0.15, 0.2) is 48.8 Å². The van der Waals surface area contributed by atoms with Gasteiger partial charge in [0.15, 0.2) is 5.11 Å². The number of nitrogens with zero attached hydrogens (tertiary/aromatic N) is 3. The van der Waals surface area contributed by atoms with Gasteiger partial charge < -0.3 is 19.9 Å². The molecule has 134 valence electrons. The molecular weight excluding hydrogens is 332 g/mol. The Balaban J connectivity index is 2.20. The number of ether oxygens (including phenoxy) is 1. The van der Waals surface area contributed by atoms with Gasteiger partial charge in [0.2, 0.25) is 0 Å². The first kappa shape index (κ1) is 19.1. The van der Waals surface area contributed by atoms with Gasteiger partial charge in [-0.25, -0.2) is 0 Å². The summed E-state index contributed by atoms with van der Waals surface area (Å²) < 4.78 is 5.41. The Hall–Kier alpha value is -2.18. The molecule has 25 heavy (non-hydrogen) atoms. The Morgan fingerprint density at radius 1 is 1.20 bits per heavy atom. The Bertz CT molecular complexity index is 678. The minimum absolute atomic E-state index is 0.114. The lowest BCUT2D eigenvalue weighted by Crippen LogP contribution is -2.41. The number of anilines is 1. The zero-order valence-corrected chi connectivity index (χ0v) is 16.1. The monoisotopic (exact) mass is 358 g/mol. The van der Waals surface area contributed by atoms with Crippen molar-refractivity contribution in [3.05, 3.63) is 54.4 Å². The fraction of sp³-hybridized carbons (Fsp3) is 0.368. The second-order valence-corrected chi connectivity index (χ2v) is 6.48. The smallest absolute Gasteiger partial charge is 0.174 e. The van der Waals surface area contributed by atoms with Crippen LogP contribution < -0.4 is 10.1 Å². The first-order chi connectivity index (χ1) is 12.0. The maximum absolute atomic E-state index is 5.71. The Morgan fingerprint density at radius 3 is 2.60 bits per heavy atom. The highest BCUT2D eigenvalue weighted by molar-refractivity contribution is 7.80. The molecule has 0 aliphatic carbocycles. The molecule has 1 heterocycles. The van der Waals surface area contributed by atoms with E-state index >= 15 is 0 Å². The molecule has 0 aliphatic rings. The van der Waals surface area contributed by atoms with Crippen LogP contribution in [-0.2, 0) is 0 Å². The number of methoxy groups -OCH3 is 1. The fourth-order valence-electron chi connectivity index (χ4n) is 2.52. The molecule has 6 heteroatoms. The summed E-state index contributed by atoms with van der Waals surface area (Å²) in [7, 11) is 5.78. The van der Waals surface area contributed by atoms with Crippen LogP contribution in [0.2, 0.25) is 0 Å². The third-order valence-electron chi connectivity index (χ3n) is 4.03. The maximum Gasteiger partial charge on any atom is 0.174 e. The van der Waals surface area contributed by atoms with Crippen molar-refractivity contribution in [1.29, 1.82) is 0 Å². The van der Waals surface area contributed by atoms with Crippen molar-refractivity contribution in [1.82, 2.24) is 14.8 Å². The maximum atomic E-state index is 5.71. The molecule has 1 aromatic carbocycles. The van der Waals surface area contributed by atoms with Crippen LogP contribution in [0.25, 0.3) is 0 Å². The highest BCUT2D eigenvalue weighted by Crippen LogP contribution is 2.25. The number of pyridine rings is 1. The van der Waals surface area contributed by atoms with Crippen LogP contribution in [-0.4, -0.2) is 54.2 Å². The zero-order chi connectivity index (χ0) is 18.2. The summed E-state index contributed by atoms with van der Waals surface area (Å²) in [4.78, 5) is 8.56. The molecule has 1 atom stereocenters. The van der Waals surface area contributed by atoms with Crippen LogP contribution in [0.3, 0.4) is 0 Å². The molecule has 0 amide bonds. The van der Waals surface area contributed by atoms with Crippen molar-refractivity contribution in [3.63, 3.8) is 0 Å². The van der Waals surface area contributed by atoms with Gasteiger partial charge in [-0.3, -0.25) is 4.98 Å². The predicted molar refractivity (Wildman–Crippen MR) is 107 cm³/mol. The summed E-state index contributed by atoms with van der Waals surface area (Å²) >= 11 is 5.71. The van der Waals surface area contributed by atoms with E-state index in [1.807, 2.05) is 36.5 Å². The quantitative estimate of drug-likeness (QED) is 0.765. The molecule has 0 fully saturated rings. The molecule has 0 spiro atoms. The minimum atomic E-state index is 0.114. The van der Waals surface area contributed by atoms with Crippen molar-refractivity contribution in [3.8, 4) is 5.75 Å². The van der Waals surface area contributed by atoms with Gasteiger partial charge in [-0.15, -0.1) is 0 Å². The van der Waals surface area contributed by atoms with Gasteiger partial charge in [-0.1, -0.05) is 18.2 Å². The third-order valence-corrected chi connectivity index (χ3v) is 4.37. The topological polar surface area (TPSA) is 40.6 Å². The summed E-state index contributed by atoms with van der Waals surface area (Å²) in [6.45, 7) is 3.85. The van der Waals surface area contributed by atoms with Gasteiger partial charge in [-0.05, 0) is 57.0 Å². The lowest BCUT2D eigenvalue weighted by atomic mass is 10.1. The lowest BCUT2D eigenvalue weighted by Gasteiger charge is -2.33. The van der Waals surface area contributed by atoms with E-state index in [2.05, 4.69) is 47.2 Å². The predicted octanol–water partition coefficient (Wildman–Crippen LogP) is 3.41. The van der Waals surface area contributed by atoms with E-state index in [9.17, 15) is 0 Å². The van der Waals surface area contributed by atoms with Gasteiger partial charge in [0.25, 0.3) is 0 Å². The van der Waals surface area contributed by atoms with E-state index < -0.39 is 0 Å². The van der Waals surface area contributed by atoms with Gasteiger partial charge in [0.1, 0.15) is 5.75 Å². The highest BCUT2D eigenvalue weighted by Gasteiger charge is 2.20. The zero-order valence-electron chi connectivity index (χ0n) is 15.3. The SMILES string of the molecule is COc1ccccc1NC(=S)N(CCN(C)C)C(C)c1cccnc1. The van der Waals surface area contributed by atoms with Crippen LogP contribution in [0.5, 0.6) is 5.75 Å². The number of benzene rings is 1. The van der Waals surface area contributed by atoms with Crippen LogP contribution in [0.4, 0.5) is 5.69 Å². The molecule has 0 saturated heterocycles. The second-order valence-electron chi connectivity index (χ2n) is 6.09. The van der Waals surface area contributed by atoms with Gasteiger partial charge >= 0.3 is 0 Å².